The molecule has 0 unspecified atom stereocenters. The molecule has 110 valence electrons. The normalized spacial score (nSPS) is 11.2. The molecule has 5 nitrogen and oxygen atoms in total. The van der Waals surface area contributed by atoms with Crippen LogP contribution in [0.5, 0.6) is 0 Å². The van der Waals surface area contributed by atoms with Gasteiger partial charge in [-0.15, -0.1) is 0 Å². The number of carbonyl (C=O) groups is 1. The van der Waals surface area contributed by atoms with Gasteiger partial charge in [-0.1, -0.05) is 13.3 Å². The molecule has 1 aromatic rings. The van der Waals surface area contributed by atoms with E-state index in [9.17, 15) is 28.1 Å². The van der Waals surface area contributed by atoms with E-state index < -0.39 is 28.3 Å². The Bertz CT molecular complexity index is 515. The lowest BCUT2D eigenvalue weighted by Gasteiger charge is -2.10. The zero-order valence-electron chi connectivity index (χ0n) is 10.7. The second kappa shape index (κ2) is 6.36. The zero-order chi connectivity index (χ0) is 15.3. The number of benzene rings is 1. The van der Waals surface area contributed by atoms with E-state index in [1.54, 1.807) is 0 Å². The first-order valence-corrected chi connectivity index (χ1v) is 5.91. The number of halogens is 3. The van der Waals surface area contributed by atoms with Gasteiger partial charge in [-0.25, -0.2) is 0 Å². The third-order valence-electron chi connectivity index (χ3n) is 2.54. The molecule has 0 atom stereocenters. The number of alkyl halides is 3. The van der Waals surface area contributed by atoms with Crippen LogP contribution >= 0.6 is 0 Å². The van der Waals surface area contributed by atoms with E-state index in [0.717, 1.165) is 18.6 Å². The molecule has 0 aliphatic heterocycles. The molecule has 1 aromatic carbocycles. The molecule has 0 aliphatic rings. The minimum atomic E-state index is -4.85. The summed E-state index contributed by atoms with van der Waals surface area (Å²) in [6, 6.07) is 2.39. The van der Waals surface area contributed by atoms with E-state index in [2.05, 4.69) is 5.32 Å². The summed E-state index contributed by atoms with van der Waals surface area (Å²) >= 11 is 0. The number of amides is 1. The van der Waals surface area contributed by atoms with Gasteiger partial charge in [-0.05, 0) is 18.6 Å². The first kappa shape index (κ1) is 15.9. The average molecular weight is 290 g/mol. The number of carbonyl (C=O) groups excluding carboxylic acids is 1. The third-order valence-corrected chi connectivity index (χ3v) is 2.54. The first-order chi connectivity index (χ1) is 9.25. The Balaban J connectivity index is 3.01. The molecule has 0 aliphatic carbocycles. The van der Waals surface area contributed by atoms with E-state index in [1.165, 1.54) is 0 Å². The molecule has 1 N–H and O–H groups in total. The van der Waals surface area contributed by atoms with E-state index in [1.807, 2.05) is 6.92 Å². The maximum atomic E-state index is 12.7. The van der Waals surface area contributed by atoms with Crippen LogP contribution in [0, 0.1) is 10.1 Å². The highest BCUT2D eigenvalue weighted by Crippen LogP contribution is 2.37. The summed E-state index contributed by atoms with van der Waals surface area (Å²) in [5.41, 5.74) is -2.52. The van der Waals surface area contributed by atoms with Crippen molar-refractivity contribution in [2.24, 2.45) is 0 Å². The standard InChI is InChI=1S/C12H13F3N2O3/c1-2-3-4-11(18)16-8-5-6-10(17(19)20)9(7-8)12(13,14)15/h5-7H,2-4H2,1H3,(H,16,18). The van der Waals surface area contributed by atoms with Crippen molar-refractivity contribution in [2.75, 3.05) is 5.32 Å². The first-order valence-electron chi connectivity index (χ1n) is 5.91. The Morgan fingerprint density at radius 2 is 2.05 bits per heavy atom. The molecule has 0 bridgehead atoms. The van der Waals surface area contributed by atoms with Gasteiger partial charge in [0.15, 0.2) is 0 Å². The highest BCUT2D eigenvalue weighted by atomic mass is 19.4. The van der Waals surface area contributed by atoms with Crippen LogP contribution in [0.2, 0.25) is 0 Å². The average Bonchev–Trinajstić information content (AvgIpc) is 2.35. The lowest BCUT2D eigenvalue weighted by Crippen LogP contribution is -2.13. The Labute approximate surface area is 112 Å². The number of nitrogens with zero attached hydrogens (tertiary/aromatic N) is 1. The van der Waals surface area contributed by atoms with E-state index in [0.29, 0.717) is 12.5 Å². The van der Waals surface area contributed by atoms with Crippen LogP contribution in [-0.2, 0) is 11.0 Å². The number of hydrogen-bond acceptors (Lipinski definition) is 3. The van der Waals surface area contributed by atoms with E-state index >= 15 is 0 Å². The molecule has 0 radical (unpaired) electrons. The van der Waals surface area contributed by atoms with Crippen molar-refractivity contribution in [3.8, 4) is 0 Å². The van der Waals surface area contributed by atoms with Crippen molar-refractivity contribution in [3.63, 3.8) is 0 Å². The molecular weight excluding hydrogens is 277 g/mol. The summed E-state index contributed by atoms with van der Waals surface area (Å²) in [6.45, 7) is 1.88. The monoisotopic (exact) mass is 290 g/mol. The Hall–Kier alpha value is -2.12. The van der Waals surface area contributed by atoms with Crippen LogP contribution in [0.4, 0.5) is 24.5 Å². The van der Waals surface area contributed by atoms with Gasteiger partial charge >= 0.3 is 6.18 Å². The molecule has 0 spiro atoms. The van der Waals surface area contributed by atoms with Gasteiger partial charge in [0.05, 0.1) is 4.92 Å². The maximum Gasteiger partial charge on any atom is 0.423 e. The summed E-state index contributed by atoms with van der Waals surface area (Å²) in [5.74, 6) is -0.422. The predicted molar refractivity (Wildman–Crippen MR) is 66.3 cm³/mol. The van der Waals surface area contributed by atoms with Crippen molar-refractivity contribution in [2.45, 2.75) is 32.4 Å². The van der Waals surface area contributed by atoms with Gasteiger partial charge in [-0.2, -0.15) is 13.2 Å². The van der Waals surface area contributed by atoms with Crippen molar-refractivity contribution < 1.29 is 22.9 Å². The Morgan fingerprint density at radius 1 is 1.40 bits per heavy atom. The second-order valence-corrected chi connectivity index (χ2v) is 4.14. The molecule has 0 heterocycles. The summed E-state index contributed by atoms with van der Waals surface area (Å²) in [7, 11) is 0. The van der Waals surface area contributed by atoms with Gasteiger partial charge in [-0.3, -0.25) is 14.9 Å². The number of unbranched alkanes of at least 4 members (excludes halogenated alkanes) is 1. The molecule has 1 rings (SSSR count). The number of hydrogen-bond donors (Lipinski definition) is 1. The summed E-state index contributed by atoms with van der Waals surface area (Å²) < 4.78 is 38.1. The summed E-state index contributed by atoms with van der Waals surface area (Å²) in [4.78, 5) is 20.9. The molecule has 8 heteroatoms. The fourth-order valence-electron chi connectivity index (χ4n) is 1.56. The van der Waals surface area contributed by atoms with Crippen LogP contribution < -0.4 is 5.32 Å². The lowest BCUT2D eigenvalue weighted by molar-refractivity contribution is -0.388. The zero-order valence-corrected chi connectivity index (χ0v) is 10.7. The Morgan fingerprint density at radius 3 is 2.55 bits per heavy atom. The van der Waals surface area contributed by atoms with E-state index in [4.69, 9.17) is 0 Å². The Kier molecular flexibility index (Phi) is 5.06. The van der Waals surface area contributed by atoms with E-state index in [-0.39, 0.29) is 12.1 Å². The second-order valence-electron chi connectivity index (χ2n) is 4.14. The molecule has 0 saturated heterocycles. The lowest BCUT2D eigenvalue weighted by atomic mass is 10.1. The SMILES string of the molecule is CCCCC(=O)Nc1ccc([N+](=O)[O-])c(C(F)(F)F)c1. The van der Waals surface area contributed by atoms with Crippen molar-refractivity contribution in [1.82, 2.24) is 0 Å². The minimum absolute atomic E-state index is 0.107. The highest BCUT2D eigenvalue weighted by molar-refractivity contribution is 5.90. The minimum Gasteiger partial charge on any atom is -0.326 e. The third kappa shape index (κ3) is 4.22. The van der Waals surface area contributed by atoms with Crippen LogP contribution in [0.3, 0.4) is 0 Å². The maximum absolute atomic E-state index is 12.7. The van der Waals surface area contributed by atoms with Crippen LogP contribution in [-0.4, -0.2) is 10.8 Å². The smallest absolute Gasteiger partial charge is 0.326 e. The van der Waals surface area contributed by atoms with Crippen LogP contribution in [0.15, 0.2) is 18.2 Å². The molecule has 0 saturated carbocycles. The number of nitrogens with one attached hydrogen (secondary N) is 1. The highest BCUT2D eigenvalue weighted by Gasteiger charge is 2.38. The molecule has 0 fully saturated rings. The largest absolute Gasteiger partial charge is 0.423 e. The molecular formula is C12H13F3N2O3. The number of nitro benzene ring substituents is 1. The predicted octanol–water partition coefficient (Wildman–Crippen LogP) is 3.74. The molecule has 20 heavy (non-hydrogen) atoms. The number of nitro groups is 1. The van der Waals surface area contributed by atoms with Crippen LogP contribution in [0.1, 0.15) is 31.7 Å². The fraction of sp³-hybridized carbons (Fsp3) is 0.417. The van der Waals surface area contributed by atoms with Gasteiger partial charge in [0.25, 0.3) is 5.69 Å². The number of anilines is 1. The fourth-order valence-corrected chi connectivity index (χ4v) is 1.56. The van der Waals surface area contributed by atoms with Gasteiger partial charge < -0.3 is 5.32 Å². The molecule has 0 aromatic heterocycles. The topological polar surface area (TPSA) is 72.2 Å². The van der Waals surface area contributed by atoms with Crippen LogP contribution in [0.25, 0.3) is 0 Å². The van der Waals surface area contributed by atoms with Crippen molar-refractivity contribution in [1.29, 1.82) is 0 Å². The quantitative estimate of drug-likeness (QED) is 0.663. The molecule has 1 amide bonds. The van der Waals surface area contributed by atoms with Gasteiger partial charge in [0.2, 0.25) is 5.91 Å². The summed E-state index contributed by atoms with van der Waals surface area (Å²) in [6.07, 6.45) is -3.27. The van der Waals surface area contributed by atoms with Crippen molar-refractivity contribution in [3.05, 3.63) is 33.9 Å². The summed E-state index contributed by atoms with van der Waals surface area (Å²) in [5, 5.41) is 12.9. The number of rotatable bonds is 5. The van der Waals surface area contributed by atoms with Gasteiger partial charge in [0, 0.05) is 18.2 Å². The van der Waals surface area contributed by atoms with Crippen molar-refractivity contribution >= 4 is 17.3 Å². The van der Waals surface area contributed by atoms with Gasteiger partial charge in [0.1, 0.15) is 5.56 Å².